The number of fused-ring (bicyclic) bond motifs is 1. The molecule has 3 rings (SSSR count). The van der Waals surface area contributed by atoms with Gasteiger partial charge in [0, 0.05) is 6.04 Å². The van der Waals surface area contributed by atoms with Crippen molar-refractivity contribution in [2.75, 3.05) is 40.3 Å². The molecule has 3 nitrogen and oxygen atoms in total. The molecular weight excluding hydrogens is 405 g/mol. The van der Waals surface area contributed by atoms with Crippen molar-refractivity contribution >= 4 is 26.8 Å². The van der Waals surface area contributed by atoms with Crippen LogP contribution in [0.3, 0.4) is 0 Å². The molecule has 2 fully saturated rings. The molecule has 144 valence electrons. The Bertz CT molecular complexity index is 454. The zero-order valence-electron chi connectivity index (χ0n) is 16.3. The Balaban J connectivity index is 0.000000730. The van der Waals surface area contributed by atoms with Crippen molar-refractivity contribution in [3.63, 3.8) is 0 Å². The van der Waals surface area contributed by atoms with Crippen LogP contribution < -0.4 is 0 Å². The predicted octanol–water partition coefficient (Wildman–Crippen LogP) is 4.77. The van der Waals surface area contributed by atoms with Crippen LogP contribution in [0.25, 0.3) is 5.32 Å². The van der Waals surface area contributed by atoms with E-state index in [0.29, 0.717) is 0 Å². The van der Waals surface area contributed by atoms with Gasteiger partial charge in [-0.15, -0.1) is 13.1 Å². The van der Waals surface area contributed by atoms with Crippen molar-refractivity contribution in [2.24, 2.45) is 11.8 Å². The summed E-state index contributed by atoms with van der Waals surface area (Å²) in [6, 6.07) is 0.730. The topological polar surface area (TPSA) is 20.6 Å². The predicted molar refractivity (Wildman–Crippen MR) is 111 cm³/mol. The molecule has 1 saturated heterocycles. The monoisotopic (exact) mass is 437 g/mol. The normalized spacial score (nSPS) is 31.8. The number of piperazine rings is 1. The van der Waals surface area contributed by atoms with Crippen molar-refractivity contribution in [3.8, 4) is 0 Å². The fourth-order valence-electron chi connectivity index (χ4n) is 4.84. The second-order valence-corrected chi connectivity index (χ2v) is 14.9. The van der Waals surface area contributed by atoms with Crippen molar-refractivity contribution in [1.29, 1.82) is 0 Å². The van der Waals surface area contributed by atoms with Gasteiger partial charge in [-0.05, 0) is 51.0 Å². The van der Waals surface area contributed by atoms with Crippen LogP contribution in [0.15, 0.2) is 24.3 Å². The molecule has 7 heteroatoms. The standard InChI is InChI=1S/C17H30N3Si.CH3.2ClH.Ti/c1-19(2)16-13-14-7-5-6-8-15(14)17(16)21(3,4)20-11-9-18-10-12-20;;;;/h5-8,14-17H,9-13H2,1-4H3;1H3;2*1H;/q2*-1;;;+2/p-2. The molecule has 0 bridgehead atoms. The molecule has 0 aromatic heterocycles. The SMILES string of the molecule is CN(C)C1CC2C=CC=CC2C1[Si](C)(C)N1CC[N-]CC1.[CH3-].[Cl][Ti][Cl]. The van der Waals surface area contributed by atoms with E-state index in [-0.39, 0.29) is 7.43 Å². The average Bonchev–Trinajstić information content (AvgIpc) is 2.97. The van der Waals surface area contributed by atoms with Crippen LogP contribution in [0.5, 0.6) is 0 Å². The van der Waals surface area contributed by atoms with Crippen LogP contribution in [0.2, 0.25) is 18.6 Å². The van der Waals surface area contributed by atoms with Gasteiger partial charge >= 0.3 is 35.6 Å². The second kappa shape index (κ2) is 11.0. The Kier molecular flexibility index (Phi) is 10.5. The van der Waals surface area contributed by atoms with E-state index in [1.54, 1.807) is 0 Å². The molecule has 0 aromatic rings. The number of hydrogen-bond acceptors (Lipinski definition) is 2. The van der Waals surface area contributed by atoms with Gasteiger partial charge in [-0.25, -0.2) is 0 Å². The summed E-state index contributed by atoms with van der Waals surface area (Å²) in [6.07, 6.45) is 10.8. The molecule has 1 aliphatic heterocycles. The van der Waals surface area contributed by atoms with Crippen LogP contribution in [0.4, 0.5) is 0 Å². The molecule has 1 heterocycles. The van der Waals surface area contributed by atoms with E-state index >= 15 is 0 Å². The fraction of sp³-hybridized carbons (Fsp3) is 0.722. The number of halogens is 2. The average molecular weight is 438 g/mol. The van der Waals surface area contributed by atoms with E-state index in [1.165, 1.54) is 19.5 Å². The van der Waals surface area contributed by atoms with Gasteiger partial charge in [0.15, 0.2) is 0 Å². The van der Waals surface area contributed by atoms with Crippen molar-refractivity contribution in [1.82, 2.24) is 9.47 Å². The molecule has 0 N–H and O–H groups in total. The van der Waals surface area contributed by atoms with Crippen LogP contribution in [0, 0.1) is 19.3 Å². The minimum absolute atomic E-state index is 0. The third-order valence-electron chi connectivity index (χ3n) is 5.99. The summed E-state index contributed by atoms with van der Waals surface area (Å²) in [7, 11) is 12.9. The second-order valence-electron chi connectivity index (χ2n) is 7.69. The Labute approximate surface area is 173 Å². The summed E-state index contributed by atoms with van der Waals surface area (Å²) >= 11 is -0.556. The Hall–Kier alpha value is 0.871. The van der Waals surface area contributed by atoms with E-state index in [9.17, 15) is 0 Å². The fourth-order valence-corrected chi connectivity index (χ4v) is 9.29. The summed E-state index contributed by atoms with van der Waals surface area (Å²) < 4.78 is 2.83. The number of rotatable bonds is 3. The Morgan fingerprint density at radius 1 is 1.12 bits per heavy atom. The first-order valence-electron chi connectivity index (χ1n) is 8.79. The van der Waals surface area contributed by atoms with Crippen LogP contribution in [0.1, 0.15) is 6.42 Å². The van der Waals surface area contributed by atoms with E-state index in [0.717, 1.165) is 36.5 Å². The Morgan fingerprint density at radius 3 is 2.24 bits per heavy atom. The van der Waals surface area contributed by atoms with Gasteiger partial charge in [0.25, 0.3) is 0 Å². The number of nitrogens with zero attached hydrogens (tertiary/aromatic N) is 3. The minimum atomic E-state index is -1.46. The van der Waals surface area contributed by atoms with Gasteiger partial charge in [0.05, 0.1) is 0 Å². The first kappa shape index (κ1) is 23.9. The molecular formula is C18H33Cl2N3SiTi-2. The van der Waals surface area contributed by atoms with E-state index in [2.05, 4.69) is 66.3 Å². The summed E-state index contributed by atoms with van der Waals surface area (Å²) in [5, 5.41) is 4.55. The summed E-state index contributed by atoms with van der Waals surface area (Å²) in [4.78, 5) is 2.49. The van der Waals surface area contributed by atoms with Gasteiger partial charge < -0.3 is 22.2 Å². The third kappa shape index (κ3) is 5.68. The molecule has 4 atom stereocenters. The molecule has 25 heavy (non-hydrogen) atoms. The van der Waals surface area contributed by atoms with Gasteiger partial charge in [-0.3, -0.25) is 0 Å². The molecule has 0 aromatic carbocycles. The van der Waals surface area contributed by atoms with Gasteiger partial charge in [0.1, 0.15) is 8.24 Å². The van der Waals surface area contributed by atoms with Crippen molar-refractivity contribution < 1.29 is 17.0 Å². The van der Waals surface area contributed by atoms with Crippen LogP contribution in [-0.4, -0.2) is 64.0 Å². The van der Waals surface area contributed by atoms with Crippen LogP contribution in [-0.2, 0) is 17.0 Å². The summed E-state index contributed by atoms with van der Waals surface area (Å²) in [5.41, 5.74) is 0.830. The molecule has 4 unspecified atom stereocenters. The van der Waals surface area contributed by atoms with E-state index < -0.39 is 25.3 Å². The quantitative estimate of drug-likeness (QED) is 0.468. The number of hydrogen-bond donors (Lipinski definition) is 0. The summed E-state index contributed by atoms with van der Waals surface area (Å²) in [6.45, 7) is 9.67. The first-order chi connectivity index (χ1) is 11.4. The molecule has 0 amide bonds. The van der Waals surface area contributed by atoms with Crippen LogP contribution >= 0.6 is 18.6 Å². The zero-order chi connectivity index (χ0) is 17.7. The van der Waals surface area contributed by atoms with Crippen molar-refractivity contribution in [2.45, 2.75) is 31.1 Å². The first-order valence-corrected chi connectivity index (χ1v) is 16.1. The van der Waals surface area contributed by atoms with E-state index in [4.69, 9.17) is 18.6 Å². The zero-order valence-corrected chi connectivity index (χ0v) is 20.3. The van der Waals surface area contributed by atoms with Crippen molar-refractivity contribution in [3.05, 3.63) is 37.0 Å². The maximum absolute atomic E-state index is 4.89. The Morgan fingerprint density at radius 2 is 1.68 bits per heavy atom. The third-order valence-corrected chi connectivity index (χ3v) is 10.5. The molecule has 0 radical (unpaired) electrons. The van der Waals surface area contributed by atoms with Gasteiger partial charge in [-0.2, -0.15) is 0 Å². The molecule has 1 saturated carbocycles. The van der Waals surface area contributed by atoms with E-state index in [1.807, 2.05) is 0 Å². The molecule has 3 aliphatic rings. The molecule has 2 aliphatic carbocycles. The molecule has 0 spiro atoms. The number of allylic oxidation sites excluding steroid dienone is 4. The summed E-state index contributed by atoms with van der Waals surface area (Å²) in [5.74, 6) is 1.51. The maximum atomic E-state index is 4.89. The van der Waals surface area contributed by atoms with Gasteiger partial charge in [0.2, 0.25) is 0 Å². The van der Waals surface area contributed by atoms with Gasteiger partial charge in [-0.1, -0.05) is 37.4 Å².